The number of rotatable bonds is 9. The summed E-state index contributed by atoms with van der Waals surface area (Å²) in [4.78, 5) is 41.7. The van der Waals surface area contributed by atoms with Gasteiger partial charge in [-0.15, -0.1) is 0 Å². The van der Waals surface area contributed by atoms with Crippen LogP contribution >= 0.6 is 0 Å². The Labute approximate surface area is 281 Å². The summed E-state index contributed by atoms with van der Waals surface area (Å²) in [6.07, 6.45) is -5.38. The highest BCUT2D eigenvalue weighted by molar-refractivity contribution is 6.02. The lowest BCUT2D eigenvalue weighted by molar-refractivity contribution is -0.291. The highest BCUT2D eigenvalue weighted by Gasteiger charge is 2.73. The van der Waals surface area contributed by atoms with E-state index in [0.717, 1.165) is 5.57 Å². The molecule has 4 aliphatic carbocycles. The molecule has 0 aromatic heterocycles. The molecule has 0 aromatic rings. The van der Waals surface area contributed by atoms with Crippen molar-refractivity contribution in [2.45, 2.75) is 136 Å². The summed E-state index contributed by atoms with van der Waals surface area (Å²) in [6, 6.07) is 0. The molecule has 1 saturated heterocycles. The summed E-state index contributed by atoms with van der Waals surface area (Å²) in [6.45, 7) is 11.9. The first-order chi connectivity index (χ1) is 22.1. The van der Waals surface area contributed by atoms with Crippen LogP contribution in [0.2, 0.25) is 0 Å². The van der Waals surface area contributed by atoms with E-state index in [4.69, 9.17) is 9.47 Å². The van der Waals surface area contributed by atoms with Gasteiger partial charge in [-0.25, -0.2) is 0 Å². The average Bonchev–Trinajstić information content (AvgIpc) is 3.19. The second-order valence-electron chi connectivity index (χ2n) is 16.8. The Kier molecular flexibility index (Phi) is 9.56. The molecule has 13 atom stereocenters. The molecule has 1 heterocycles. The highest BCUT2D eigenvalue weighted by atomic mass is 16.7. The van der Waals surface area contributed by atoms with E-state index in [9.17, 15) is 50.1 Å². The van der Waals surface area contributed by atoms with Crippen LogP contribution in [-0.4, -0.2) is 108 Å². The second kappa shape index (κ2) is 12.3. The molecule has 7 N–H and O–H groups in total. The SMILES string of the molecule is CC(C)(O)CCCC(=O)C(O)C1C(O)CC2(C)C3CC=C4C(C=C(OC5OC(CO)C(O)C(O)C5O)C(=O)C4(C)C)C3(C)C(=O)CC12C. The van der Waals surface area contributed by atoms with E-state index >= 15 is 0 Å². The summed E-state index contributed by atoms with van der Waals surface area (Å²) in [5.41, 5.74) is -4.04. The molecule has 5 rings (SSSR count). The van der Waals surface area contributed by atoms with Gasteiger partial charge < -0.3 is 45.2 Å². The number of ketones is 3. The Morgan fingerprint density at radius 1 is 1.04 bits per heavy atom. The zero-order chi connectivity index (χ0) is 35.9. The van der Waals surface area contributed by atoms with Crippen LogP contribution in [0.5, 0.6) is 0 Å². The molecule has 0 bridgehead atoms. The van der Waals surface area contributed by atoms with E-state index in [1.807, 2.05) is 26.8 Å². The normalized spacial score (nSPS) is 44.6. The van der Waals surface area contributed by atoms with E-state index in [1.165, 1.54) is 0 Å². The molecule has 48 heavy (non-hydrogen) atoms. The van der Waals surface area contributed by atoms with Crippen molar-refractivity contribution >= 4 is 17.3 Å². The highest BCUT2D eigenvalue weighted by Crippen LogP contribution is 2.73. The van der Waals surface area contributed by atoms with Gasteiger partial charge in [-0.1, -0.05) is 32.4 Å². The average molecular weight is 679 g/mol. The third kappa shape index (κ3) is 5.55. The molecule has 0 spiro atoms. The Balaban J connectivity index is 1.49. The van der Waals surface area contributed by atoms with Gasteiger partial charge in [0, 0.05) is 30.1 Å². The molecule has 2 saturated carbocycles. The van der Waals surface area contributed by atoms with Crippen LogP contribution in [0.1, 0.15) is 87.0 Å². The second-order valence-corrected chi connectivity index (χ2v) is 16.8. The first-order valence-electron chi connectivity index (χ1n) is 17.1. The summed E-state index contributed by atoms with van der Waals surface area (Å²) in [5, 5.41) is 73.8. The first-order valence-corrected chi connectivity index (χ1v) is 17.1. The van der Waals surface area contributed by atoms with Crippen molar-refractivity contribution in [3.8, 4) is 0 Å². The molecule has 0 aromatic carbocycles. The quantitative estimate of drug-likeness (QED) is 0.171. The molecule has 1 aliphatic heterocycles. The van der Waals surface area contributed by atoms with Gasteiger partial charge in [0.2, 0.25) is 12.1 Å². The number of allylic oxidation sites excluding steroid dienone is 4. The van der Waals surface area contributed by atoms with Crippen LogP contribution in [0.4, 0.5) is 0 Å². The number of aliphatic hydroxyl groups excluding tert-OH is 6. The van der Waals surface area contributed by atoms with Crippen molar-refractivity contribution < 1.29 is 59.6 Å². The van der Waals surface area contributed by atoms with E-state index < -0.39 is 100 Å². The molecule has 270 valence electrons. The van der Waals surface area contributed by atoms with Crippen LogP contribution in [0, 0.1) is 39.4 Å². The minimum atomic E-state index is -1.73. The fourth-order valence-electron chi connectivity index (χ4n) is 9.99. The Morgan fingerprint density at radius 3 is 2.29 bits per heavy atom. The van der Waals surface area contributed by atoms with Crippen LogP contribution in [0.25, 0.3) is 0 Å². The number of hydrogen-bond acceptors (Lipinski definition) is 12. The molecule has 5 aliphatic rings. The maximum Gasteiger partial charge on any atom is 0.229 e. The number of aliphatic hydroxyl groups is 7. The molecule has 13 unspecified atom stereocenters. The third-order valence-electron chi connectivity index (χ3n) is 13.1. The number of ether oxygens (including phenoxy) is 2. The fraction of sp³-hybridized carbons (Fsp3) is 0.806. The lowest BCUT2D eigenvalue weighted by Crippen LogP contribution is -2.63. The van der Waals surface area contributed by atoms with Crippen LogP contribution in [-0.2, 0) is 23.9 Å². The molecular weight excluding hydrogens is 624 g/mol. The van der Waals surface area contributed by atoms with Gasteiger partial charge in [-0.3, -0.25) is 14.4 Å². The molecule has 3 fully saturated rings. The molecule has 12 nitrogen and oxygen atoms in total. The van der Waals surface area contributed by atoms with Crippen molar-refractivity contribution in [2.24, 2.45) is 39.4 Å². The largest absolute Gasteiger partial charge is 0.459 e. The summed E-state index contributed by atoms with van der Waals surface area (Å²) >= 11 is 0. The first kappa shape index (κ1) is 37.2. The van der Waals surface area contributed by atoms with Crippen molar-refractivity contribution in [3.05, 3.63) is 23.5 Å². The van der Waals surface area contributed by atoms with Gasteiger partial charge in [0.15, 0.2) is 11.5 Å². The lowest BCUT2D eigenvalue weighted by Gasteiger charge is -2.63. The van der Waals surface area contributed by atoms with Gasteiger partial charge in [-0.05, 0) is 76.2 Å². The minimum absolute atomic E-state index is 0.0128. The van der Waals surface area contributed by atoms with Gasteiger partial charge >= 0.3 is 0 Å². The van der Waals surface area contributed by atoms with Crippen LogP contribution in [0.15, 0.2) is 23.5 Å². The van der Waals surface area contributed by atoms with Crippen molar-refractivity contribution in [1.29, 1.82) is 0 Å². The van der Waals surface area contributed by atoms with Crippen molar-refractivity contribution in [2.75, 3.05) is 6.61 Å². The lowest BCUT2D eigenvalue weighted by atomic mass is 9.39. The van der Waals surface area contributed by atoms with Gasteiger partial charge in [0.05, 0.1) is 23.7 Å². The van der Waals surface area contributed by atoms with Crippen molar-refractivity contribution in [3.63, 3.8) is 0 Å². The third-order valence-corrected chi connectivity index (χ3v) is 13.1. The van der Waals surface area contributed by atoms with Crippen molar-refractivity contribution in [1.82, 2.24) is 0 Å². The van der Waals surface area contributed by atoms with E-state index in [1.54, 1.807) is 33.8 Å². The molecule has 0 radical (unpaired) electrons. The Hall–Kier alpha value is -2.03. The van der Waals surface area contributed by atoms with E-state index in [-0.39, 0.29) is 36.7 Å². The summed E-state index contributed by atoms with van der Waals surface area (Å²) < 4.78 is 11.5. The Morgan fingerprint density at radius 2 is 1.69 bits per heavy atom. The maximum absolute atomic E-state index is 14.6. The zero-order valence-electron chi connectivity index (χ0n) is 29.0. The molecule has 12 heteroatoms. The maximum atomic E-state index is 14.6. The summed E-state index contributed by atoms with van der Waals surface area (Å²) in [5.74, 6) is -3.00. The fourth-order valence-corrected chi connectivity index (χ4v) is 9.99. The Bertz CT molecular complexity index is 1380. The number of fused-ring (bicyclic) bond motifs is 5. The molecule has 0 amide bonds. The van der Waals surface area contributed by atoms with Gasteiger partial charge in [0.25, 0.3) is 0 Å². The number of carbonyl (C=O) groups excluding carboxylic acids is 3. The van der Waals surface area contributed by atoms with Gasteiger partial charge in [0.1, 0.15) is 36.3 Å². The number of carbonyl (C=O) groups is 3. The topological polar surface area (TPSA) is 211 Å². The number of Topliss-reactive ketones (excluding diaryl/α,β-unsaturated/α-hetero) is 3. The summed E-state index contributed by atoms with van der Waals surface area (Å²) in [7, 11) is 0. The predicted octanol–water partition coefficient (Wildman–Crippen LogP) is 1.10. The van der Waals surface area contributed by atoms with E-state index in [0.29, 0.717) is 19.3 Å². The van der Waals surface area contributed by atoms with E-state index in [2.05, 4.69) is 0 Å². The monoisotopic (exact) mass is 678 g/mol. The number of hydrogen-bond donors (Lipinski definition) is 7. The minimum Gasteiger partial charge on any atom is -0.459 e. The standard InChI is InChI=1S/C36H54O12/c1-32(2,46)12-8-9-19(38)26(41)25-20(39)14-34(5)23-11-10-17-18(36(23,7)24(40)15-35(25,34)6)13-21(30(45)33(17,3)4)47-31-29(44)28(43)27(42)22(16-37)48-31/h10,13,18,20,22-23,25-29,31,37,39,41-44,46H,8-9,11-12,14-16H2,1-7H3. The predicted molar refractivity (Wildman–Crippen MR) is 171 cm³/mol. The van der Waals surface area contributed by atoms with Crippen LogP contribution < -0.4 is 0 Å². The van der Waals surface area contributed by atoms with Crippen LogP contribution in [0.3, 0.4) is 0 Å². The molecular formula is C36H54O12. The smallest absolute Gasteiger partial charge is 0.229 e. The van der Waals surface area contributed by atoms with Gasteiger partial charge in [-0.2, -0.15) is 0 Å². The zero-order valence-corrected chi connectivity index (χ0v) is 29.0.